The minimum absolute atomic E-state index is 0.0293. The molecule has 3 aliphatic rings. The first kappa shape index (κ1) is 17.3. The molecule has 1 aromatic rings. The highest BCUT2D eigenvalue weighted by Crippen LogP contribution is 2.44. The largest absolute Gasteiger partial charge is 0.389 e. The fourth-order valence-corrected chi connectivity index (χ4v) is 5.00. The summed E-state index contributed by atoms with van der Waals surface area (Å²) < 4.78 is 11.3. The van der Waals surface area contributed by atoms with E-state index in [0.29, 0.717) is 45.0 Å². The molecule has 3 aliphatic heterocycles. The van der Waals surface area contributed by atoms with E-state index in [1.807, 2.05) is 35.4 Å². The van der Waals surface area contributed by atoms with E-state index in [4.69, 9.17) is 9.47 Å². The van der Waals surface area contributed by atoms with Crippen LogP contribution < -0.4 is 0 Å². The summed E-state index contributed by atoms with van der Waals surface area (Å²) in [6.45, 7) is 2.82. The van der Waals surface area contributed by atoms with E-state index in [9.17, 15) is 9.90 Å². The normalized spacial score (nSPS) is 35.0. The summed E-state index contributed by atoms with van der Waals surface area (Å²) in [6, 6.07) is 7.83. The van der Waals surface area contributed by atoms with Gasteiger partial charge in [-0.05, 0) is 36.9 Å². The topological polar surface area (TPSA) is 59.0 Å². The van der Waals surface area contributed by atoms with E-state index < -0.39 is 5.60 Å². The fraction of sp³-hybridized carbons (Fsp3) is 0.632. The first-order valence-corrected chi connectivity index (χ1v) is 10.2. The number of benzene rings is 1. The van der Waals surface area contributed by atoms with E-state index in [1.165, 1.54) is 0 Å². The van der Waals surface area contributed by atoms with Gasteiger partial charge in [0.25, 0.3) is 5.91 Å². The number of thioether (sulfide) groups is 1. The number of carbonyl (C=O) groups is 1. The van der Waals surface area contributed by atoms with Gasteiger partial charge in [0.2, 0.25) is 0 Å². The van der Waals surface area contributed by atoms with Crippen LogP contribution in [0.5, 0.6) is 0 Å². The Bertz CT molecular complexity index is 637. The van der Waals surface area contributed by atoms with Crippen LogP contribution in [0.15, 0.2) is 29.2 Å². The summed E-state index contributed by atoms with van der Waals surface area (Å²) in [6.07, 6.45) is 3.44. The second kappa shape index (κ2) is 6.91. The zero-order chi connectivity index (χ0) is 17.4. The summed E-state index contributed by atoms with van der Waals surface area (Å²) >= 11 is 1.67. The summed E-state index contributed by atoms with van der Waals surface area (Å²) in [4.78, 5) is 16.3. The summed E-state index contributed by atoms with van der Waals surface area (Å²) in [5.74, 6) is -0.0193. The fourth-order valence-electron chi connectivity index (χ4n) is 4.59. The molecule has 0 bridgehead atoms. The third-order valence-corrected chi connectivity index (χ3v) is 6.79. The Morgan fingerprint density at radius 1 is 1.24 bits per heavy atom. The van der Waals surface area contributed by atoms with Crippen LogP contribution in [0.4, 0.5) is 0 Å². The third kappa shape index (κ3) is 2.99. The number of ether oxygens (including phenoxy) is 2. The summed E-state index contributed by atoms with van der Waals surface area (Å²) in [5, 5.41) is 11.3. The molecule has 1 N–H and O–H groups in total. The van der Waals surface area contributed by atoms with E-state index >= 15 is 0 Å². The first-order valence-electron chi connectivity index (χ1n) is 8.96. The van der Waals surface area contributed by atoms with Gasteiger partial charge in [-0.1, -0.05) is 0 Å². The maximum Gasteiger partial charge on any atom is 0.254 e. The van der Waals surface area contributed by atoms with Crippen molar-refractivity contribution in [3.8, 4) is 0 Å². The highest BCUT2D eigenvalue weighted by molar-refractivity contribution is 7.98. The van der Waals surface area contributed by atoms with Crippen molar-refractivity contribution >= 4 is 17.7 Å². The van der Waals surface area contributed by atoms with Gasteiger partial charge in [0.1, 0.15) is 0 Å². The number of nitrogens with zero attached hydrogens (tertiary/aromatic N) is 1. The van der Waals surface area contributed by atoms with Crippen molar-refractivity contribution in [2.75, 3.05) is 39.2 Å². The van der Waals surface area contributed by atoms with Crippen LogP contribution in [-0.4, -0.2) is 66.8 Å². The lowest BCUT2D eigenvalue weighted by Crippen LogP contribution is -2.68. The Balaban J connectivity index is 1.62. The molecular weight excluding hydrogens is 338 g/mol. The standard InChI is InChI=1S/C19H25NO4S/c1-25-15-4-2-13(3-5-15)18(21)20-10-14-11-24-9-7-19(14,22)16-12-23-8-6-17(16)20/h2-5,14,16-17,22H,6-12H2,1H3/t14-,16+,17-,19-/m0/s1. The molecule has 4 atom stereocenters. The molecule has 0 aromatic heterocycles. The predicted molar refractivity (Wildman–Crippen MR) is 95.8 cm³/mol. The van der Waals surface area contributed by atoms with Gasteiger partial charge in [0, 0.05) is 54.5 Å². The van der Waals surface area contributed by atoms with Crippen molar-refractivity contribution in [2.24, 2.45) is 11.8 Å². The molecule has 3 fully saturated rings. The first-order chi connectivity index (χ1) is 12.1. The van der Waals surface area contributed by atoms with E-state index in [2.05, 4.69) is 0 Å². The van der Waals surface area contributed by atoms with Crippen LogP contribution in [0.25, 0.3) is 0 Å². The van der Waals surface area contributed by atoms with Gasteiger partial charge in [0.15, 0.2) is 0 Å². The van der Waals surface area contributed by atoms with Gasteiger partial charge in [-0.15, -0.1) is 11.8 Å². The maximum absolute atomic E-state index is 13.2. The Hall–Kier alpha value is -1.08. The van der Waals surface area contributed by atoms with Gasteiger partial charge in [0.05, 0.1) is 18.8 Å². The Labute approximate surface area is 152 Å². The molecule has 3 heterocycles. The van der Waals surface area contributed by atoms with Crippen molar-refractivity contribution in [3.05, 3.63) is 29.8 Å². The van der Waals surface area contributed by atoms with Gasteiger partial charge >= 0.3 is 0 Å². The minimum Gasteiger partial charge on any atom is -0.389 e. The molecule has 25 heavy (non-hydrogen) atoms. The predicted octanol–water partition coefficient (Wildman–Crippen LogP) is 2.04. The lowest BCUT2D eigenvalue weighted by atomic mass is 9.66. The number of hydrogen-bond acceptors (Lipinski definition) is 5. The van der Waals surface area contributed by atoms with Crippen molar-refractivity contribution in [1.82, 2.24) is 4.90 Å². The molecule has 136 valence electrons. The number of fused-ring (bicyclic) bond motifs is 3. The van der Waals surface area contributed by atoms with Crippen LogP contribution in [0, 0.1) is 11.8 Å². The molecule has 3 saturated heterocycles. The van der Waals surface area contributed by atoms with Crippen LogP contribution >= 0.6 is 11.8 Å². The van der Waals surface area contributed by atoms with E-state index in [1.54, 1.807) is 11.8 Å². The Kier molecular flexibility index (Phi) is 4.79. The SMILES string of the molecule is CSc1ccc(C(=O)N2C[C@H]3COCC[C@@]3(O)[C@@H]3COCC[C@@H]32)cc1. The molecular formula is C19H25NO4S. The Morgan fingerprint density at radius 3 is 2.76 bits per heavy atom. The second-order valence-electron chi connectivity index (χ2n) is 7.24. The van der Waals surface area contributed by atoms with Crippen molar-refractivity contribution in [3.63, 3.8) is 0 Å². The molecule has 0 spiro atoms. The highest BCUT2D eigenvalue weighted by Gasteiger charge is 2.56. The van der Waals surface area contributed by atoms with Crippen LogP contribution in [-0.2, 0) is 9.47 Å². The zero-order valence-corrected chi connectivity index (χ0v) is 15.3. The molecule has 4 rings (SSSR count). The summed E-state index contributed by atoms with van der Waals surface area (Å²) in [5.41, 5.74) is -0.0618. The number of aliphatic hydroxyl groups is 1. The number of piperidine rings is 1. The van der Waals surface area contributed by atoms with Gasteiger partial charge < -0.3 is 19.5 Å². The monoisotopic (exact) mass is 363 g/mol. The molecule has 0 saturated carbocycles. The number of carbonyl (C=O) groups excluding carboxylic acids is 1. The smallest absolute Gasteiger partial charge is 0.254 e. The number of likely N-dealkylation sites (tertiary alicyclic amines) is 1. The van der Waals surface area contributed by atoms with Crippen LogP contribution in [0.1, 0.15) is 23.2 Å². The molecule has 0 aliphatic carbocycles. The quantitative estimate of drug-likeness (QED) is 0.815. The molecule has 0 unspecified atom stereocenters. The van der Waals surface area contributed by atoms with Crippen LogP contribution in [0.3, 0.4) is 0 Å². The zero-order valence-electron chi connectivity index (χ0n) is 14.5. The molecule has 1 aromatic carbocycles. The summed E-state index contributed by atoms with van der Waals surface area (Å²) in [7, 11) is 0. The van der Waals surface area contributed by atoms with Gasteiger partial charge in [-0.3, -0.25) is 4.79 Å². The minimum atomic E-state index is -0.775. The molecule has 0 radical (unpaired) electrons. The third-order valence-electron chi connectivity index (χ3n) is 6.05. The molecule has 1 amide bonds. The van der Waals surface area contributed by atoms with Crippen LogP contribution in [0.2, 0.25) is 0 Å². The Morgan fingerprint density at radius 2 is 2.00 bits per heavy atom. The number of rotatable bonds is 2. The van der Waals surface area contributed by atoms with Gasteiger partial charge in [-0.25, -0.2) is 0 Å². The number of amides is 1. The van der Waals surface area contributed by atoms with Crippen molar-refractivity contribution < 1.29 is 19.4 Å². The lowest BCUT2D eigenvalue weighted by Gasteiger charge is -2.57. The highest BCUT2D eigenvalue weighted by atomic mass is 32.2. The van der Waals surface area contributed by atoms with Gasteiger partial charge in [-0.2, -0.15) is 0 Å². The van der Waals surface area contributed by atoms with E-state index in [0.717, 1.165) is 11.3 Å². The van der Waals surface area contributed by atoms with Crippen molar-refractivity contribution in [2.45, 2.75) is 29.4 Å². The average molecular weight is 363 g/mol. The number of hydrogen-bond donors (Lipinski definition) is 1. The molecule has 5 nitrogen and oxygen atoms in total. The maximum atomic E-state index is 13.2. The second-order valence-corrected chi connectivity index (χ2v) is 8.12. The lowest BCUT2D eigenvalue weighted by molar-refractivity contribution is -0.212. The van der Waals surface area contributed by atoms with E-state index in [-0.39, 0.29) is 23.8 Å². The molecule has 6 heteroatoms. The van der Waals surface area contributed by atoms with Crippen molar-refractivity contribution in [1.29, 1.82) is 0 Å². The average Bonchev–Trinajstić information content (AvgIpc) is 2.67.